The lowest BCUT2D eigenvalue weighted by atomic mass is 10.0. The SMILES string of the molecule is CCCCCCCCCCCCCCc1cccc(OC(O)C(CO[PH](=O)Oc2cccc(Cc3nccs3)c2)OC)c1. The van der Waals surface area contributed by atoms with E-state index in [0.717, 1.165) is 23.4 Å². The van der Waals surface area contributed by atoms with Gasteiger partial charge in [-0.2, -0.15) is 0 Å². The first-order valence-corrected chi connectivity index (χ1v) is 18.0. The van der Waals surface area contributed by atoms with Crippen LogP contribution < -0.4 is 9.26 Å². The lowest BCUT2D eigenvalue weighted by Gasteiger charge is -2.22. The average Bonchev–Trinajstić information content (AvgIpc) is 3.51. The molecule has 1 aromatic heterocycles. The second kappa shape index (κ2) is 21.5. The molecule has 0 radical (unpaired) electrons. The summed E-state index contributed by atoms with van der Waals surface area (Å²) in [6, 6.07) is 15.2. The topological polar surface area (TPSA) is 87.1 Å². The minimum atomic E-state index is -2.87. The minimum absolute atomic E-state index is 0.146. The zero-order valence-corrected chi connectivity index (χ0v) is 27.7. The molecule has 3 rings (SSSR count). The maximum absolute atomic E-state index is 12.5. The van der Waals surface area contributed by atoms with E-state index in [-0.39, 0.29) is 6.61 Å². The molecule has 3 unspecified atom stereocenters. The van der Waals surface area contributed by atoms with E-state index < -0.39 is 20.6 Å². The predicted octanol–water partition coefficient (Wildman–Crippen LogP) is 9.18. The molecule has 0 bridgehead atoms. The van der Waals surface area contributed by atoms with Crippen LogP contribution in [0.2, 0.25) is 0 Å². The quantitative estimate of drug-likeness (QED) is 0.0599. The van der Waals surface area contributed by atoms with Gasteiger partial charge in [0.15, 0.2) is 0 Å². The van der Waals surface area contributed by atoms with Crippen LogP contribution in [-0.4, -0.2) is 36.2 Å². The molecule has 7 nitrogen and oxygen atoms in total. The van der Waals surface area contributed by atoms with Crippen LogP contribution in [-0.2, 0) is 26.7 Å². The van der Waals surface area contributed by atoms with Gasteiger partial charge in [-0.1, -0.05) is 102 Å². The Hall–Kier alpha value is -2.22. The molecule has 0 fully saturated rings. The van der Waals surface area contributed by atoms with E-state index in [4.69, 9.17) is 18.5 Å². The number of hydrogen-bond acceptors (Lipinski definition) is 8. The van der Waals surface area contributed by atoms with Gasteiger partial charge in [-0.05, 0) is 48.2 Å². The molecule has 3 aromatic rings. The maximum Gasteiger partial charge on any atom is 0.367 e. The number of methoxy groups -OCH3 is 1. The Morgan fingerprint density at radius 2 is 1.49 bits per heavy atom. The van der Waals surface area contributed by atoms with Crippen molar-refractivity contribution >= 4 is 19.6 Å². The number of aryl methyl sites for hydroxylation is 1. The highest BCUT2D eigenvalue weighted by Crippen LogP contribution is 2.30. The molecule has 0 spiro atoms. The van der Waals surface area contributed by atoms with Crippen LogP contribution in [0.4, 0.5) is 0 Å². The van der Waals surface area contributed by atoms with Crippen LogP contribution >= 0.6 is 19.6 Å². The highest BCUT2D eigenvalue weighted by Gasteiger charge is 2.22. The summed E-state index contributed by atoms with van der Waals surface area (Å²) in [7, 11) is -1.42. The first-order valence-electron chi connectivity index (χ1n) is 15.9. The molecule has 1 heterocycles. The fraction of sp³-hybridized carbons (Fsp3) is 0.559. The van der Waals surface area contributed by atoms with Crippen LogP contribution in [0.5, 0.6) is 11.5 Å². The van der Waals surface area contributed by atoms with Crippen molar-refractivity contribution in [2.24, 2.45) is 0 Å². The summed E-state index contributed by atoms with van der Waals surface area (Å²) >= 11 is 1.58. The normalized spacial score (nSPS) is 13.5. The standard InChI is InChI=1S/C34H50NO6PS/c1-3-4-5-6-7-8-9-10-11-12-13-14-17-28-18-15-20-30(24-28)40-34(36)32(38-2)27-39-42(37)41-31-21-16-19-29(25-31)26-33-35-22-23-43-33/h15-16,18-25,32,34,36,42H,3-14,17,26-27H2,1-2H3. The molecular formula is C34H50NO6PS. The van der Waals surface area contributed by atoms with Crippen molar-refractivity contribution in [3.8, 4) is 11.5 Å². The van der Waals surface area contributed by atoms with E-state index in [2.05, 4.69) is 18.0 Å². The Morgan fingerprint density at radius 3 is 2.14 bits per heavy atom. The van der Waals surface area contributed by atoms with Gasteiger partial charge in [-0.25, -0.2) is 9.55 Å². The molecule has 1 N–H and O–H groups in total. The summed E-state index contributed by atoms with van der Waals surface area (Å²) < 4.78 is 34.5. The molecule has 9 heteroatoms. The van der Waals surface area contributed by atoms with Crippen molar-refractivity contribution in [1.29, 1.82) is 0 Å². The molecule has 3 atom stereocenters. The fourth-order valence-electron chi connectivity index (χ4n) is 4.94. The molecule has 0 saturated carbocycles. The third-order valence-corrected chi connectivity index (χ3v) is 8.98. The summed E-state index contributed by atoms with van der Waals surface area (Å²) in [5.74, 6) is 1.01. The summed E-state index contributed by atoms with van der Waals surface area (Å²) in [6.45, 7) is 2.12. The molecule has 43 heavy (non-hydrogen) atoms. The van der Waals surface area contributed by atoms with Crippen molar-refractivity contribution in [2.45, 2.75) is 109 Å². The van der Waals surface area contributed by atoms with Gasteiger partial charge in [0.05, 0.1) is 11.6 Å². The Labute approximate surface area is 262 Å². The summed E-state index contributed by atoms with van der Waals surface area (Å²) in [5, 5.41) is 13.6. The number of nitrogens with zero attached hydrogens (tertiary/aromatic N) is 1. The van der Waals surface area contributed by atoms with E-state index in [1.807, 2.05) is 41.8 Å². The van der Waals surface area contributed by atoms with Gasteiger partial charge in [-0.3, -0.25) is 4.52 Å². The number of thiazole rings is 1. The molecule has 0 saturated heterocycles. The Bertz CT molecular complexity index is 1160. The average molecular weight is 632 g/mol. The van der Waals surface area contributed by atoms with Gasteiger partial charge >= 0.3 is 8.25 Å². The van der Waals surface area contributed by atoms with E-state index in [9.17, 15) is 9.67 Å². The van der Waals surface area contributed by atoms with Gasteiger partial charge < -0.3 is 19.1 Å². The van der Waals surface area contributed by atoms with Gasteiger partial charge in [0.25, 0.3) is 0 Å². The third kappa shape index (κ3) is 14.9. The fourth-order valence-corrected chi connectivity index (χ4v) is 6.27. The van der Waals surface area contributed by atoms with Crippen molar-refractivity contribution in [3.05, 3.63) is 76.2 Å². The maximum atomic E-state index is 12.5. The second-order valence-electron chi connectivity index (χ2n) is 11.0. The zero-order valence-electron chi connectivity index (χ0n) is 25.9. The van der Waals surface area contributed by atoms with Crippen LogP contribution in [0, 0.1) is 0 Å². The van der Waals surface area contributed by atoms with Gasteiger partial charge in [0.2, 0.25) is 6.29 Å². The number of aromatic nitrogens is 1. The number of aliphatic hydroxyl groups excluding tert-OH is 1. The van der Waals surface area contributed by atoms with E-state index in [1.165, 1.54) is 83.3 Å². The first-order chi connectivity index (χ1) is 21.1. The largest absolute Gasteiger partial charge is 0.462 e. The second-order valence-corrected chi connectivity index (χ2v) is 13.0. The van der Waals surface area contributed by atoms with Crippen LogP contribution in [0.1, 0.15) is 100 Å². The van der Waals surface area contributed by atoms with Crippen LogP contribution in [0.15, 0.2) is 60.1 Å². The Morgan fingerprint density at radius 1 is 0.860 bits per heavy atom. The van der Waals surface area contributed by atoms with Gasteiger partial charge in [0, 0.05) is 25.1 Å². The molecule has 2 aromatic carbocycles. The number of rotatable bonds is 24. The minimum Gasteiger partial charge on any atom is -0.462 e. The number of benzene rings is 2. The number of unbranched alkanes of at least 4 members (excludes halogenated alkanes) is 11. The smallest absolute Gasteiger partial charge is 0.367 e. The highest BCUT2D eigenvalue weighted by molar-refractivity contribution is 7.33. The number of aliphatic hydroxyl groups is 1. The number of hydrogen-bond donors (Lipinski definition) is 1. The van der Waals surface area contributed by atoms with E-state index in [1.54, 1.807) is 23.6 Å². The summed E-state index contributed by atoms with van der Waals surface area (Å²) in [6.07, 6.45) is 17.2. The monoisotopic (exact) mass is 631 g/mol. The first kappa shape index (κ1) is 35.3. The zero-order chi connectivity index (χ0) is 30.5. The van der Waals surface area contributed by atoms with E-state index in [0.29, 0.717) is 17.9 Å². The Balaban J connectivity index is 1.32. The van der Waals surface area contributed by atoms with E-state index >= 15 is 0 Å². The Kier molecular flexibility index (Phi) is 17.6. The lowest BCUT2D eigenvalue weighted by molar-refractivity contribution is -0.129. The molecular weight excluding hydrogens is 581 g/mol. The van der Waals surface area contributed by atoms with Crippen LogP contribution in [0.3, 0.4) is 0 Å². The molecule has 0 aliphatic heterocycles. The van der Waals surface area contributed by atoms with Crippen molar-refractivity contribution < 1.29 is 28.2 Å². The molecule has 0 aliphatic carbocycles. The lowest BCUT2D eigenvalue weighted by Crippen LogP contribution is -2.36. The van der Waals surface area contributed by atoms with Crippen molar-refractivity contribution in [2.75, 3.05) is 13.7 Å². The number of ether oxygens (including phenoxy) is 2. The van der Waals surface area contributed by atoms with Crippen LogP contribution in [0.25, 0.3) is 0 Å². The summed E-state index contributed by atoms with van der Waals surface area (Å²) in [5.41, 5.74) is 2.18. The molecule has 0 amide bonds. The van der Waals surface area contributed by atoms with Gasteiger partial charge in [-0.15, -0.1) is 11.3 Å². The molecule has 238 valence electrons. The molecule has 0 aliphatic rings. The summed E-state index contributed by atoms with van der Waals surface area (Å²) in [4.78, 5) is 4.30. The third-order valence-electron chi connectivity index (χ3n) is 7.40. The van der Waals surface area contributed by atoms with Crippen molar-refractivity contribution in [3.63, 3.8) is 0 Å². The highest BCUT2D eigenvalue weighted by atomic mass is 32.1. The van der Waals surface area contributed by atoms with Gasteiger partial charge in [0.1, 0.15) is 17.6 Å². The van der Waals surface area contributed by atoms with Crippen molar-refractivity contribution in [1.82, 2.24) is 4.98 Å². The predicted molar refractivity (Wildman–Crippen MR) is 176 cm³/mol.